The molecule has 0 spiro atoms. The van der Waals surface area contributed by atoms with Crippen molar-refractivity contribution < 1.29 is 23.9 Å². The molecule has 3 aliphatic rings. The van der Waals surface area contributed by atoms with Crippen molar-refractivity contribution in [2.75, 3.05) is 0 Å². The molecule has 0 aromatic heterocycles. The Hall–Kier alpha value is -1.65. The topological polar surface area (TPSA) is 69.7 Å². The van der Waals surface area contributed by atoms with Crippen LogP contribution >= 0.6 is 0 Å². The van der Waals surface area contributed by atoms with Gasteiger partial charge in [-0.25, -0.2) is 4.79 Å². The van der Waals surface area contributed by atoms with Crippen molar-refractivity contribution in [1.29, 1.82) is 0 Å². The lowest BCUT2D eigenvalue weighted by atomic mass is 9.68. The van der Waals surface area contributed by atoms with E-state index < -0.39 is 29.5 Å². The molecular formula is C17H22O5. The molecule has 0 bridgehead atoms. The third-order valence-corrected chi connectivity index (χ3v) is 5.88. The summed E-state index contributed by atoms with van der Waals surface area (Å²) < 4.78 is 11.0. The second kappa shape index (κ2) is 4.93. The highest BCUT2D eigenvalue weighted by Gasteiger charge is 2.63. The third-order valence-electron chi connectivity index (χ3n) is 5.88. The highest BCUT2D eigenvalue weighted by molar-refractivity contribution is 5.94. The first kappa shape index (κ1) is 15.3. The van der Waals surface area contributed by atoms with Crippen LogP contribution in [0.5, 0.6) is 0 Å². The van der Waals surface area contributed by atoms with Crippen molar-refractivity contribution in [2.24, 2.45) is 23.2 Å². The van der Waals surface area contributed by atoms with Crippen molar-refractivity contribution >= 4 is 17.7 Å². The molecular weight excluding hydrogens is 284 g/mol. The van der Waals surface area contributed by atoms with Crippen molar-refractivity contribution in [3.63, 3.8) is 0 Å². The molecule has 3 rings (SSSR count). The van der Waals surface area contributed by atoms with Gasteiger partial charge < -0.3 is 9.47 Å². The number of ketones is 1. The molecule has 6 atom stereocenters. The van der Waals surface area contributed by atoms with Gasteiger partial charge in [0.05, 0.1) is 11.3 Å². The summed E-state index contributed by atoms with van der Waals surface area (Å²) >= 11 is 0. The first-order valence-electron chi connectivity index (χ1n) is 7.87. The molecule has 5 heteroatoms. The average Bonchev–Trinajstić information content (AvgIpc) is 2.86. The standard InChI is InChI=1S/C17H22O5/c1-8-7-12(21-10(3)18)14-9(2)16(20)22-15(14)17(4)11(8)5-6-13(17)19/h8,11-12,14-15H,2,5-7H2,1,3-4H3/t8-,11-,12-,14-,15+,17-/m0/s1. The monoisotopic (exact) mass is 306 g/mol. The molecule has 1 aliphatic heterocycles. The van der Waals surface area contributed by atoms with Crippen LogP contribution in [0.4, 0.5) is 0 Å². The zero-order chi connectivity index (χ0) is 16.2. The first-order chi connectivity index (χ1) is 10.3. The maximum Gasteiger partial charge on any atom is 0.334 e. The molecule has 3 fully saturated rings. The maximum atomic E-state index is 12.6. The van der Waals surface area contributed by atoms with Gasteiger partial charge in [0.25, 0.3) is 0 Å². The van der Waals surface area contributed by atoms with E-state index in [1.807, 2.05) is 6.92 Å². The Morgan fingerprint density at radius 1 is 1.41 bits per heavy atom. The van der Waals surface area contributed by atoms with Crippen LogP contribution in [0.2, 0.25) is 0 Å². The number of hydrogen-bond donors (Lipinski definition) is 0. The third kappa shape index (κ3) is 1.94. The molecule has 22 heavy (non-hydrogen) atoms. The minimum Gasteiger partial charge on any atom is -0.462 e. The number of hydrogen-bond acceptors (Lipinski definition) is 5. The molecule has 2 saturated carbocycles. The zero-order valence-electron chi connectivity index (χ0n) is 13.3. The van der Waals surface area contributed by atoms with Gasteiger partial charge in [0.1, 0.15) is 18.0 Å². The van der Waals surface area contributed by atoms with Gasteiger partial charge in [-0.15, -0.1) is 0 Å². The first-order valence-corrected chi connectivity index (χ1v) is 7.87. The number of Topliss-reactive ketones (excluding diaryl/α,β-unsaturated/α-hetero) is 1. The number of ether oxygens (including phenoxy) is 2. The van der Waals surface area contributed by atoms with Gasteiger partial charge in [0, 0.05) is 18.9 Å². The fourth-order valence-corrected chi connectivity index (χ4v) is 4.82. The zero-order valence-corrected chi connectivity index (χ0v) is 13.3. The van der Waals surface area contributed by atoms with Gasteiger partial charge in [-0.1, -0.05) is 13.5 Å². The van der Waals surface area contributed by atoms with Crippen LogP contribution in [0.25, 0.3) is 0 Å². The minimum atomic E-state index is -0.700. The predicted octanol–water partition coefficient (Wildman–Crippen LogP) is 2.04. The smallest absolute Gasteiger partial charge is 0.334 e. The number of esters is 2. The SMILES string of the molecule is C=C1C(=O)O[C@@H]2[C@@H]1[C@@H](OC(C)=O)C[C@H](C)[C@@H]1CCC(=O)[C@@]21C. The molecule has 0 amide bonds. The Bertz CT molecular complexity index is 565. The van der Waals surface area contributed by atoms with Crippen molar-refractivity contribution in [3.8, 4) is 0 Å². The van der Waals surface area contributed by atoms with Crippen LogP contribution in [0.1, 0.15) is 40.0 Å². The second-order valence-corrected chi connectivity index (χ2v) is 7.09. The van der Waals surface area contributed by atoms with Gasteiger partial charge in [-0.05, 0) is 31.6 Å². The number of carbonyl (C=O) groups is 3. The second-order valence-electron chi connectivity index (χ2n) is 7.09. The summed E-state index contributed by atoms with van der Waals surface area (Å²) in [5.74, 6) is -0.765. The summed E-state index contributed by atoms with van der Waals surface area (Å²) in [6, 6.07) is 0. The normalized spacial score (nSPS) is 44.1. The van der Waals surface area contributed by atoms with Gasteiger partial charge in [0.2, 0.25) is 0 Å². The molecule has 0 N–H and O–H groups in total. The van der Waals surface area contributed by atoms with E-state index in [9.17, 15) is 14.4 Å². The molecule has 1 saturated heterocycles. The molecule has 2 aliphatic carbocycles. The number of rotatable bonds is 1. The Labute approximate surface area is 130 Å². The predicted molar refractivity (Wildman–Crippen MR) is 77.7 cm³/mol. The van der Waals surface area contributed by atoms with E-state index in [1.54, 1.807) is 0 Å². The van der Waals surface area contributed by atoms with E-state index in [1.165, 1.54) is 6.92 Å². The molecule has 5 nitrogen and oxygen atoms in total. The number of carbonyl (C=O) groups excluding carboxylic acids is 3. The van der Waals surface area contributed by atoms with Crippen molar-refractivity contribution in [1.82, 2.24) is 0 Å². The molecule has 0 radical (unpaired) electrons. The van der Waals surface area contributed by atoms with Crippen molar-refractivity contribution in [3.05, 3.63) is 12.2 Å². The molecule has 120 valence electrons. The maximum absolute atomic E-state index is 12.6. The van der Waals surface area contributed by atoms with Crippen LogP contribution in [-0.2, 0) is 23.9 Å². The van der Waals surface area contributed by atoms with Crippen LogP contribution in [0.15, 0.2) is 12.2 Å². The fourth-order valence-electron chi connectivity index (χ4n) is 4.82. The molecule has 0 aromatic carbocycles. The summed E-state index contributed by atoms with van der Waals surface area (Å²) in [5.41, 5.74) is -0.376. The average molecular weight is 306 g/mol. The Morgan fingerprint density at radius 2 is 2.09 bits per heavy atom. The Morgan fingerprint density at radius 3 is 2.73 bits per heavy atom. The summed E-state index contributed by atoms with van der Waals surface area (Å²) in [6.07, 6.45) is 0.936. The quantitative estimate of drug-likeness (QED) is 0.548. The fraction of sp³-hybridized carbons (Fsp3) is 0.706. The van der Waals surface area contributed by atoms with Crippen LogP contribution < -0.4 is 0 Å². The van der Waals surface area contributed by atoms with E-state index >= 15 is 0 Å². The van der Waals surface area contributed by atoms with Crippen LogP contribution in [0.3, 0.4) is 0 Å². The molecule has 0 aromatic rings. The summed E-state index contributed by atoms with van der Waals surface area (Å²) in [7, 11) is 0. The van der Waals surface area contributed by atoms with Gasteiger partial charge in [-0.3, -0.25) is 9.59 Å². The summed E-state index contributed by atoms with van der Waals surface area (Å²) in [6.45, 7) is 9.19. The summed E-state index contributed by atoms with van der Waals surface area (Å²) in [4.78, 5) is 36.1. The highest BCUT2D eigenvalue weighted by Crippen LogP contribution is 2.56. The van der Waals surface area contributed by atoms with E-state index in [-0.39, 0.29) is 23.6 Å². The van der Waals surface area contributed by atoms with Gasteiger partial charge >= 0.3 is 11.9 Å². The lowest BCUT2D eigenvalue weighted by molar-refractivity contribution is -0.154. The Kier molecular flexibility index (Phi) is 3.42. The van der Waals surface area contributed by atoms with Crippen LogP contribution in [-0.4, -0.2) is 29.9 Å². The minimum absolute atomic E-state index is 0.144. The molecule has 1 heterocycles. The van der Waals surface area contributed by atoms with E-state index in [0.717, 1.165) is 6.42 Å². The largest absolute Gasteiger partial charge is 0.462 e. The Balaban J connectivity index is 2.08. The summed E-state index contributed by atoms with van der Waals surface area (Å²) in [5, 5.41) is 0. The van der Waals surface area contributed by atoms with Gasteiger partial charge in [0.15, 0.2) is 0 Å². The lowest BCUT2D eigenvalue weighted by Gasteiger charge is -2.36. The van der Waals surface area contributed by atoms with E-state index in [4.69, 9.17) is 9.47 Å². The van der Waals surface area contributed by atoms with Crippen molar-refractivity contribution in [2.45, 2.75) is 52.2 Å². The van der Waals surface area contributed by atoms with Crippen LogP contribution in [0, 0.1) is 23.2 Å². The highest BCUT2D eigenvalue weighted by atomic mass is 16.6. The molecule has 0 unspecified atom stereocenters. The van der Waals surface area contributed by atoms with E-state index in [0.29, 0.717) is 18.4 Å². The number of fused-ring (bicyclic) bond motifs is 3. The lowest BCUT2D eigenvalue weighted by Crippen LogP contribution is -2.46. The van der Waals surface area contributed by atoms with Gasteiger partial charge in [-0.2, -0.15) is 0 Å². The van der Waals surface area contributed by atoms with E-state index in [2.05, 4.69) is 13.5 Å².